The highest BCUT2D eigenvalue weighted by molar-refractivity contribution is 6.07. The van der Waals surface area contributed by atoms with Crippen molar-refractivity contribution in [3.8, 4) is 11.5 Å². The zero-order chi connectivity index (χ0) is 17.5. The van der Waals surface area contributed by atoms with Gasteiger partial charge < -0.3 is 25.8 Å². The number of pyridine rings is 1. The van der Waals surface area contributed by atoms with Crippen molar-refractivity contribution in [2.24, 2.45) is 5.73 Å². The standard InChI is InChI=1S/C16H18N4O4/c1-23-13-6-11(19-15(21)8-17)12(7-14(13)24-2)20-16(22)10-4-3-5-18-9-10/h3-7,9H,8,17H2,1-2H3,(H,19,21)(H,20,22). The summed E-state index contributed by atoms with van der Waals surface area (Å²) in [6.07, 6.45) is 3.01. The number of methoxy groups -OCH3 is 2. The van der Waals surface area contributed by atoms with Gasteiger partial charge >= 0.3 is 0 Å². The molecule has 0 fully saturated rings. The molecule has 2 rings (SSSR count). The van der Waals surface area contributed by atoms with Crippen LogP contribution in [0.25, 0.3) is 0 Å². The Morgan fingerprint density at radius 2 is 1.75 bits per heavy atom. The van der Waals surface area contributed by atoms with Crippen LogP contribution in [0, 0.1) is 0 Å². The van der Waals surface area contributed by atoms with E-state index < -0.39 is 5.91 Å². The minimum absolute atomic E-state index is 0.190. The normalized spacial score (nSPS) is 9.96. The molecule has 24 heavy (non-hydrogen) atoms. The monoisotopic (exact) mass is 330 g/mol. The number of nitrogens with two attached hydrogens (primary N) is 1. The van der Waals surface area contributed by atoms with E-state index in [0.717, 1.165) is 0 Å². The highest BCUT2D eigenvalue weighted by Gasteiger charge is 2.16. The first-order valence-electron chi connectivity index (χ1n) is 7.06. The first-order chi connectivity index (χ1) is 11.6. The second-order valence-corrected chi connectivity index (χ2v) is 4.70. The lowest BCUT2D eigenvalue weighted by atomic mass is 10.2. The summed E-state index contributed by atoms with van der Waals surface area (Å²) in [5.74, 6) is 0.0339. The summed E-state index contributed by atoms with van der Waals surface area (Å²) in [6.45, 7) is -0.190. The molecule has 4 N–H and O–H groups in total. The second kappa shape index (κ2) is 7.93. The molecule has 126 valence electrons. The van der Waals surface area contributed by atoms with E-state index in [0.29, 0.717) is 28.4 Å². The van der Waals surface area contributed by atoms with Crippen LogP contribution in [0.4, 0.5) is 11.4 Å². The number of ether oxygens (including phenoxy) is 2. The number of hydrogen-bond donors (Lipinski definition) is 3. The molecular formula is C16H18N4O4. The Kier molecular flexibility index (Phi) is 5.69. The van der Waals surface area contributed by atoms with Crippen LogP contribution < -0.4 is 25.8 Å². The van der Waals surface area contributed by atoms with Gasteiger partial charge in [-0.15, -0.1) is 0 Å². The molecule has 0 radical (unpaired) electrons. The molecule has 0 saturated carbocycles. The minimum atomic E-state index is -0.404. The van der Waals surface area contributed by atoms with Crippen LogP contribution in [0.1, 0.15) is 10.4 Å². The van der Waals surface area contributed by atoms with Crippen LogP contribution in [0.5, 0.6) is 11.5 Å². The topological polar surface area (TPSA) is 116 Å². The van der Waals surface area contributed by atoms with Crippen molar-refractivity contribution in [1.29, 1.82) is 0 Å². The zero-order valence-electron chi connectivity index (χ0n) is 13.3. The minimum Gasteiger partial charge on any atom is -0.493 e. The van der Waals surface area contributed by atoms with Crippen LogP contribution in [-0.4, -0.2) is 37.6 Å². The number of nitrogens with one attached hydrogen (secondary N) is 2. The summed E-state index contributed by atoms with van der Waals surface area (Å²) in [6, 6.07) is 6.38. The molecule has 8 nitrogen and oxygen atoms in total. The Bertz CT molecular complexity index is 734. The summed E-state index contributed by atoms with van der Waals surface area (Å²) < 4.78 is 10.4. The summed E-state index contributed by atoms with van der Waals surface area (Å²) in [5, 5.41) is 5.33. The number of benzene rings is 1. The van der Waals surface area contributed by atoms with Gasteiger partial charge in [0.1, 0.15) is 0 Å². The van der Waals surface area contributed by atoms with Gasteiger partial charge in [0.25, 0.3) is 5.91 Å². The third-order valence-corrected chi connectivity index (χ3v) is 3.16. The molecule has 0 saturated heterocycles. The van der Waals surface area contributed by atoms with Crippen LogP contribution in [-0.2, 0) is 4.79 Å². The number of rotatable bonds is 6. The maximum absolute atomic E-state index is 12.3. The van der Waals surface area contributed by atoms with Crippen LogP contribution in [0.2, 0.25) is 0 Å². The summed E-state index contributed by atoms with van der Waals surface area (Å²) >= 11 is 0. The molecule has 1 heterocycles. The summed E-state index contributed by atoms with van der Waals surface area (Å²) in [7, 11) is 2.95. The molecule has 0 bridgehead atoms. The molecule has 0 unspecified atom stereocenters. The van der Waals surface area contributed by atoms with Gasteiger partial charge in [-0.05, 0) is 12.1 Å². The van der Waals surface area contributed by atoms with E-state index in [1.807, 2.05) is 0 Å². The largest absolute Gasteiger partial charge is 0.493 e. The van der Waals surface area contributed by atoms with Crippen molar-refractivity contribution >= 4 is 23.2 Å². The number of aromatic nitrogens is 1. The van der Waals surface area contributed by atoms with E-state index in [4.69, 9.17) is 15.2 Å². The van der Waals surface area contributed by atoms with Gasteiger partial charge in [0.15, 0.2) is 11.5 Å². The van der Waals surface area contributed by atoms with Crippen LogP contribution >= 0.6 is 0 Å². The number of anilines is 2. The average Bonchev–Trinajstić information content (AvgIpc) is 2.63. The highest BCUT2D eigenvalue weighted by Crippen LogP contribution is 2.36. The van der Waals surface area contributed by atoms with Gasteiger partial charge in [-0.1, -0.05) is 0 Å². The Morgan fingerprint density at radius 1 is 1.12 bits per heavy atom. The quantitative estimate of drug-likeness (QED) is 0.734. The molecular weight excluding hydrogens is 312 g/mol. The number of hydrogen-bond acceptors (Lipinski definition) is 6. The van der Waals surface area contributed by atoms with Crippen molar-refractivity contribution < 1.29 is 19.1 Å². The van der Waals surface area contributed by atoms with Crippen molar-refractivity contribution in [2.75, 3.05) is 31.4 Å². The van der Waals surface area contributed by atoms with Crippen LogP contribution in [0.15, 0.2) is 36.7 Å². The lowest BCUT2D eigenvalue weighted by Crippen LogP contribution is -2.23. The predicted molar refractivity (Wildman–Crippen MR) is 89.4 cm³/mol. The molecule has 2 aromatic rings. The molecule has 8 heteroatoms. The first kappa shape index (κ1) is 17.2. The van der Waals surface area contributed by atoms with E-state index in [1.165, 1.54) is 20.4 Å². The van der Waals surface area contributed by atoms with E-state index in [1.54, 1.807) is 30.5 Å². The number of nitrogens with zero attached hydrogens (tertiary/aromatic N) is 1. The van der Waals surface area contributed by atoms with Gasteiger partial charge in [-0.25, -0.2) is 0 Å². The second-order valence-electron chi connectivity index (χ2n) is 4.70. The van der Waals surface area contributed by atoms with Gasteiger partial charge in [0.2, 0.25) is 5.91 Å². The fourth-order valence-corrected chi connectivity index (χ4v) is 1.98. The Labute approximate surface area is 139 Å². The maximum Gasteiger partial charge on any atom is 0.257 e. The maximum atomic E-state index is 12.3. The van der Waals surface area contributed by atoms with E-state index in [9.17, 15) is 9.59 Å². The fourth-order valence-electron chi connectivity index (χ4n) is 1.98. The number of carbonyl (C=O) groups is 2. The number of carbonyl (C=O) groups excluding carboxylic acids is 2. The summed E-state index contributed by atoms with van der Waals surface area (Å²) in [4.78, 5) is 27.8. The SMILES string of the molecule is COc1cc(NC(=O)CN)c(NC(=O)c2cccnc2)cc1OC. The van der Waals surface area contributed by atoms with Crippen molar-refractivity contribution in [1.82, 2.24) is 4.98 Å². The fraction of sp³-hybridized carbons (Fsp3) is 0.188. The molecule has 0 aliphatic heterocycles. The molecule has 0 atom stereocenters. The molecule has 1 aromatic heterocycles. The van der Waals surface area contributed by atoms with E-state index in [2.05, 4.69) is 15.6 Å². The molecule has 1 aromatic carbocycles. The van der Waals surface area contributed by atoms with Gasteiger partial charge in [0.05, 0.1) is 37.7 Å². The van der Waals surface area contributed by atoms with Crippen LogP contribution in [0.3, 0.4) is 0 Å². The highest BCUT2D eigenvalue weighted by atomic mass is 16.5. The van der Waals surface area contributed by atoms with Crippen molar-refractivity contribution in [3.05, 3.63) is 42.2 Å². The third kappa shape index (κ3) is 3.99. The van der Waals surface area contributed by atoms with Crippen molar-refractivity contribution in [3.63, 3.8) is 0 Å². The number of amides is 2. The van der Waals surface area contributed by atoms with Gasteiger partial charge in [0, 0.05) is 24.5 Å². The Hall–Kier alpha value is -3.13. The summed E-state index contributed by atoms with van der Waals surface area (Å²) in [5.41, 5.74) is 6.40. The molecule has 2 amide bonds. The van der Waals surface area contributed by atoms with Gasteiger partial charge in [-0.3, -0.25) is 14.6 Å². The molecule has 0 spiro atoms. The third-order valence-electron chi connectivity index (χ3n) is 3.16. The first-order valence-corrected chi connectivity index (χ1v) is 7.06. The van der Waals surface area contributed by atoms with Gasteiger partial charge in [-0.2, -0.15) is 0 Å². The lowest BCUT2D eigenvalue weighted by molar-refractivity contribution is -0.114. The van der Waals surface area contributed by atoms with E-state index in [-0.39, 0.29) is 12.5 Å². The van der Waals surface area contributed by atoms with Crippen molar-refractivity contribution in [2.45, 2.75) is 0 Å². The average molecular weight is 330 g/mol. The molecule has 0 aliphatic carbocycles. The lowest BCUT2D eigenvalue weighted by Gasteiger charge is -2.16. The predicted octanol–water partition coefficient (Wildman–Crippen LogP) is 1.25. The Balaban J connectivity index is 2.38. The zero-order valence-corrected chi connectivity index (χ0v) is 13.3. The van der Waals surface area contributed by atoms with E-state index >= 15 is 0 Å². The smallest absolute Gasteiger partial charge is 0.257 e. The Morgan fingerprint density at radius 3 is 2.25 bits per heavy atom. The molecule has 0 aliphatic rings.